The van der Waals surface area contributed by atoms with Crippen molar-refractivity contribution in [2.24, 2.45) is 0 Å². The molecule has 0 aliphatic heterocycles. The molecule has 0 heterocycles. The minimum atomic E-state index is -1.79. The van der Waals surface area contributed by atoms with Crippen LogP contribution in [-0.4, -0.2) is 21.7 Å². The summed E-state index contributed by atoms with van der Waals surface area (Å²) in [5.41, 5.74) is 0.998. The lowest BCUT2D eigenvalue weighted by atomic mass is 10.2. The van der Waals surface area contributed by atoms with Crippen LogP contribution in [0, 0.1) is 0 Å². The first kappa shape index (κ1) is 15.2. The van der Waals surface area contributed by atoms with Crippen molar-refractivity contribution in [3.8, 4) is 5.75 Å². The second kappa shape index (κ2) is 5.86. The average Bonchev–Trinajstić information content (AvgIpc) is 2.19. The van der Waals surface area contributed by atoms with E-state index in [0.29, 0.717) is 5.75 Å². The van der Waals surface area contributed by atoms with Crippen LogP contribution in [0.15, 0.2) is 36.9 Å². The van der Waals surface area contributed by atoms with Gasteiger partial charge < -0.3 is 9.22 Å². The van der Waals surface area contributed by atoms with Gasteiger partial charge in [0.1, 0.15) is 5.75 Å². The molecular formula is C14H24O2Si2. The van der Waals surface area contributed by atoms with Gasteiger partial charge in [-0.3, -0.25) is 0 Å². The molecule has 2 nitrogen and oxygen atoms in total. The first-order chi connectivity index (χ1) is 8.26. The van der Waals surface area contributed by atoms with Gasteiger partial charge in [-0.2, -0.15) is 0 Å². The molecule has 18 heavy (non-hydrogen) atoms. The Labute approximate surface area is 113 Å². The summed E-state index contributed by atoms with van der Waals surface area (Å²) in [4.78, 5) is 0. The molecule has 1 N–H and O–H groups in total. The minimum absolute atomic E-state index is 0.380. The fourth-order valence-corrected chi connectivity index (χ4v) is 10.8. The van der Waals surface area contributed by atoms with Crippen LogP contribution in [0.25, 0.3) is 0 Å². The van der Waals surface area contributed by atoms with Crippen LogP contribution < -0.4 is 0 Å². The minimum Gasteiger partial charge on any atom is -0.508 e. The topological polar surface area (TPSA) is 29.5 Å². The zero-order valence-electron chi connectivity index (χ0n) is 11.9. The first-order valence-electron chi connectivity index (χ1n) is 6.34. The van der Waals surface area contributed by atoms with E-state index < -0.39 is 16.6 Å². The van der Waals surface area contributed by atoms with Crippen LogP contribution >= 0.6 is 0 Å². The summed E-state index contributed by atoms with van der Waals surface area (Å²) >= 11 is 0. The van der Waals surface area contributed by atoms with E-state index in [2.05, 4.69) is 32.8 Å². The van der Waals surface area contributed by atoms with Crippen LogP contribution in [0.2, 0.25) is 32.2 Å². The summed E-state index contributed by atoms with van der Waals surface area (Å²) in [5.74, 6) is 0.380. The molecule has 0 fully saturated rings. The molecule has 0 saturated carbocycles. The molecule has 1 aromatic carbocycles. The number of aromatic hydroxyl groups is 1. The summed E-state index contributed by atoms with van der Waals surface area (Å²) in [7, 11) is -3.44. The van der Waals surface area contributed by atoms with Crippen molar-refractivity contribution >= 4 is 16.6 Å². The number of para-hydroxylation sites is 1. The van der Waals surface area contributed by atoms with E-state index in [1.165, 1.54) is 0 Å². The molecule has 0 spiro atoms. The highest BCUT2D eigenvalue weighted by atomic mass is 28.4. The third-order valence-corrected chi connectivity index (χ3v) is 9.72. The van der Waals surface area contributed by atoms with Gasteiger partial charge in [-0.1, -0.05) is 24.3 Å². The molecule has 0 amide bonds. The zero-order chi connectivity index (χ0) is 13.8. The molecule has 0 unspecified atom stereocenters. The molecule has 0 aliphatic rings. The van der Waals surface area contributed by atoms with Crippen molar-refractivity contribution in [1.29, 1.82) is 0 Å². The maximum atomic E-state index is 9.84. The third kappa shape index (κ3) is 4.80. The van der Waals surface area contributed by atoms with Crippen molar-refractivity contribution in [1.82, 2.24) is 0 Å². The SMILES string of the molecule is C=CC[Si](C)(C)O[Si](C)(C)Cc1ccccc1O. The molecule has 0 bridgehead atoms. The van der Waals surface area contributed by atoms with Gasteiger partial charge in [0.05, 0.1) is 0 Å². The fraction of sp³-hybridized carbons (Fsp3) is 0.429. The van der Waals surface area contributed by atoms with Gasteiger partial charge in [0.2, 0.25) is 0 Å². The van der Waals surface area contributed by atoms with Crippen molar-refractivity contribution in [2.45, 2.75) is 38.3 Å². The summed E-state index contributed by atoms with van der Waals surface area (Å²) in [5, 5.41) is 9.84. The highest BCUT2D eigenvalue weighted by Crippen LogP contribution is 2.25. The van der Waals surface area contributed by atoms with Crippen molar-refractivity contribution in [2.75, 3.05) is 0 Å². The molecule has 4 heteroatoms. The van der Waals surface area contributed by atoms with E-state index in [0.717, 1.165) is 17.7 Å². The maximum Gasteiger partial charge on any atom is 0.177 e. The van der Waals surface area contributed by atoms with Crippen molar-refractivity contribution in [3.63, 3.8) is 0 Å². The Bertz CT molecular complexity index is 414. The molecule has 0 saturated heterocycles. The number of phenols is 1. The summed E-state index contributed by atoms with van der Waals surface area (Å²) in [6, 6.07) is 9.37. The van der Waals surface area contributed by atoms with Gasteiger partial charge in [0.25, 0.3) is 0 Å². The van der Waals surface area contributed by atoms with Crippen molar-refractivity contribution < 1.29 is 9.22 Å². The molecule has 1 aromatic rings. The zero-order valence-corrected chi connectivity index (χ0v) is 13.9. The Hall–Kier alpha value is -0.846. The number of benzene rings is 1. The van der Waals surface area contributed by atoms with Crippen LogP contribution in [-0.2, 0) is 10.2 Å². The molecule has 1 rings (SSSR count). The Morgan fingerprint density at radius 1 is 1.17 bits per heavy atom. The number of phenolic OH excluding ortho intramolecular Hbond substituents is 1. The van der Waals surface area contributed by atoms with E-state index >= 15 is 0 Å². The van der Waals surface area contributed by atoms with Gasteiger partial charge in [-0.25, -0.2) is 0 Å². The quantitative estimate of drug-likeness (QED) is 0.628. The van der Waals surface area contributed by atoms with E-state index in [1.54, 1.807) is 6.07 Å². The Morgan fingerprint density at radius 2 is 1.78 bits per heavy atom. The van der Waals surface area contributed by atoms with Gasteiger partial charge in [0.15, 0.2) is 16.6 Å². The largest absolute Gasteiger partial charge is 0.508 e. The third-order valence-electron chi connectivity index (χ3n) is 2.80. The molecular weight excluding hydrogens is 256 g/mol. The number of hydrogen-bond acceptors (Lipinski definition) is 2. The van der Waals surface area contributed by atoms with Gasteiger partial charge in [0, 0.05) is 0 Å². The molecule has 0 radical (unpaired) electrons. The molecule has 0 atom stereocenters. The highest BCUT2D eigenvalue weighted by molar-refractivity contribution is 6.84. The monoisotopic (exact) mass is 280 g/mol. The molecule has 100 valence electrons. The van der Waals surface area contributed by atoms with Gasteiger partial charge in [-0.15, -0.1) is 6.58 Å². The summed E-state index contributed by atoms with van der Waals surface area (Å²) < 4.78 is 6.42. The van der Waals surface area contributed by atoms with Gasteiger partial charge in [-0.05, 0) is 49.9 Å². The smallest absolute Gasteiger partial charge is 0.177 e. The van der Waals surface area contributed by atoms with Crippen LogP contribution in [0.3, 0.4) is 0 Å². The average molecular weight is 281 g/mol. The van der Waals surface area contributed by atoms with Crippen molar-refractivity contribution in [3.05, 3.63) is 42.5 Å². The lowest BCUT2D eigenvalue weighted by molar-refractivity contribution is 0.467. The molecule has 0 aliphatic carbocycles. The van der Waals surface area contributed by atoms with E-state index in [4.69, 9.17) is 4.12 Å². The fourth-order valence-electron chi connectivity index (χ4n) is 2.29. The molecule has 0 aromatic heterocycles. The summed E-state index contributed by atoms with van der Waals surface area (Å²) in [6.45, 7) is 12.7. The van der Waals surface area contributed by atoms with E-state index in [1.807, 2.05) is 24.3 Å². The predicted octanol–water partition coefficient (Wildman–Crippen LogP) is 4.09. The second-order valence-corrected chi connectivity index (χ2v) is 14.5. The number of allylic oxidation sites excluding steroid dienone is 1. The second-order valence-electron chi connectivity index (χ2n) is 5.92. The predicted molar refractivity (Wildman–Crippen MR) is 82.9 cm³/mol. The first-order valence-corrected chi connectivity index (χ1v) is 12.6. The van der Waals surface area contributed by atoms with Crippen LogP contribution in [0.5, 0.6) is 5.75 Å². The standard InChI is InChI=1S/C14H24O2Si2/c1-6-11-17(2,3)16-18(4,5)12-13-9-7-8-10-14(13)15/h6-10,15H,1,11-12H2,2-5H3. The Morgan fingerprint density at radius 3 is 2.33 bits per heavy atom. The lowest BCUT2D eigenvalue weighted by Crippen LogP contribution is -2.45. The van der Waals surface area contributed by atoms with E-state index in [-0.39, 0.29) is 0 Å². The van der Waals surface area contributed by atoms with Gasteiger partial charge >= 0.3 is 0 Å². The summed E-state index contributed by atoms with van der Waals surface area (Å²) in [6.07, 6.45) is 1.96. The Kier molecular flexibility index (Phi) is 4.95. The Balaban J connectivity index is 2.76. The van der Waals surface area contributed by atoms with E-state index in [9.17, 15) is 5.11 Å². The highest BCUT2D eigenvalue weighted by Gasteiger charge is 2.32. The number of rotatable bonds is 6. The van der Waals surface area contributed by atoms with Crippen LogP contribution in [0.1, 0.15) is 5.56 Å². The van der Waals surface area contributed by atoms with Crippen LogP contribution in [0.4, 0.5) is 0 Å². The number of hydrogen-bond donors (Lipinski definition) is 1. The lowest BCUT2D eigenvalue weighted by Gasteiger charge is -2.33. The maximum absolute atomic E-state index is 9.84. The normalized spacial score (nSPS) is 12.4.